The standard InChI is InChI=1S/C12H20N4O3S/c1-3-19-6-4-5-16-12-7(11(18)15-2)8(13)9(20-12)10(14)17/h16H,3-6,13H2,1-2H3,(H2,14,17)(H,15,18). The average molecular weight is 300 g/mol. The van der Waals surface area contributed by atoms with E-state index in [0.29, 0.717) is 24.8 Å². The molecule has 1 heterocycles. The zero-order chi connectivity index (χ0) is 15.1. The van der Waals surface area contributed by atoms with Gasteiger partial charge < -0.3 is 26.8 Å². The highest BCUT2D eigenvalue weighted by molar-refractivity contribution is 7.19. The summed E-state index contributed by atoms with van der Waals surface area (Å²) in [4.78, 5) is 23.3. The molecule has 0 bridgehead atoms. The minimum atomic E-state index is -0.639. The third-order valence-electron chi connectivity index (χ3n) is 2.58. The number of nitrogens with one attached hydrogen (secondary N) is 2. The van der Waals surface area contributed by atoms with Crippen molar-refractivity contribution in [1.29, 1.82) is 0 Å². The van der Waals surface area contributed by atoms with Crippen molar-refractivity contribution in [3.05, 3.63) is 10.4 Å². The van der Waals surface area contributed by atoms with E-state index in [2.05, 4.69) is 10.6 Å². The fourth-order valence-electron chi connectivity index (χ4n) is 1.62. The van der Waals surface area contributed by atoms with Gasteiger partial charge in [0.2, 0.25) is 0 Å². The van der Waals surface area contributed by atoms with Crippen LogP contribution in [0.15, 0.2) is 0 Å². The summed E-state index contributed by atoms with van der Waals surface area (Å²) in [6, 6.07) is 0. The van der Waals surface area contributed by atoms with Crippen LogP contribution in [0.4, 0.5) is 10.7 Å². The number of carbonyl (C=O) groups is 2. The van der Waals surface area contributed by atoms with Crippen LogP contribution in [-0.4, -0.2) is 38.6 Å². The third kappa shape index (κ3) is 3.84. The molecule has 0 saturated carbocycles. The highest BCUT2D eigenvalue weighted by Gasteiger charge is 2.23. The van der Waals surface area contributed by atoms with Crippen molar-refractivity contribution in [2.45, 2.75) is 13.3 Å². The summed E-state index contributed by atoms with van der Waals surface area (Å²) in [5.41, 5.74) is 11.4. The molecule has 0 unspecified atom stereocenters. The molecule has 1 aromatic heterocycles. The van der Waals surface area contributed by atoms with Gasteiger partial charge in [-0.3, -0.25) is 9.59 Å². The number of nitrogen functional groups attached to an aromatic ring is 1. The van der Waals surface area contributed by atoms with Crippen LogP contribution < -0.4 is 22.1 Å². The largest absolute Gasteiger partial charge is 0.397 e. The molecule has 0 saturated heterocycles. The van der Waals surface area contributed by atoms with E-state index in [1.807, 2.05) is 6.92 Å². The summed E-state index contributed by atoms with van der Waals surface area (Å²) in [5, 5.41) is 6.14. The fourth-order valence-corrected chi connectivity index (χ4v) is 2.62. The minimum absolute atomic E-state index is 0.120. The number of anilines is 2. The SMILES string of the molecule is CCOCCCNc1sc(C(N)=O)c(N)c1C(=O)NC. The summed E-state index contributed by atoms with van der Waals surface area (Å²) >= 11 is 1.09. The van der Waals surface area contributed by atoms with Crippen LogP contribution in [-0.2, 0) is 4.74 Å². The molecule has 20 heavy (non-hydrogen) atoms. The Hall–Kier alpha value is -1.80. The molecule has 0 atom stereocenters. The predicted octanol–water partition coefficient (Wildman–Crippen LogP) is 0.627. The quantitative estimate of drug-likeness (QED) is 0.525. The number of hydrogen-bond acceptors (Lipinski definition) is 6. The lowest BCUT2D eigenvalue weighted by Gasteiger charge is -2.07. The Morgan fingerprint density at radius 1 is 1.40 bits per heavy atom. The molecular weight excluding hydrogens is 280 g/mol. The Morgan fingerprint density at radius 3 is 2.65 bits per heavy atom. The van der Waals surface area contributed by atoms with Gasteiger partial charge in [-0.2, -0.15) is 0 Å². The van der Waals surface area contributed by atoms with Crippen LogP contribution in [0.25, 0.3) is 0 Å². The number of rotatable bonds is 8. The van der Waals surface area contributed by atoms with Crippen LogP contribution in [0.2, 0.25) is 0 Å². The highest BCUT2D eigenvalue weighted by Crippen LogP contribution is 2.35. The second-order valence-electron chi connectivity index (χ2n) is 3.97. The first kappa shape index (κ1) is 16.3. The van der Waals surface area contributed by atoms with E-state index >= 15 is 0 Å². The average Bonchev–Trinajstić information content (AvgIpc) is 2.75. The summed E-state index contributed by atoms with van der Waals surface area (Å²) in [6.07, 6.45) is 0.782. The first-order valence-corrected chi connectivity index (χ1v) is 7.10. The van der Waals surface area contributed by atoms with Crippen LogP contribution in [0.3, 0.4) is 0 Å². The van der Waals surface area contributed by atoms with Gasteiger partial charge >= 0.3 is 0 Å². The Balaban J connectivity index is 2.85. The molecule has 8 heteroatoms. The van der Waals surface area contributed by atoms with E-state index in [4.69, 9.17) is 16.2 Å². The molecule has 1 aromatic rings. The van der Waals surface area contributed by atoms with Gasteiger partial charge in [0.25, 0.3) is 11.8 Å². The molecule has 0 spiro atoms. The van der Waals surface area contributed by atoms with Gasteiger partial charge in [-0.15, -0.1) is 11.3 Å². The van der Waals surface area contributed by atoms with E-state index in [9.17, 15) is 9.59 Å². The van der Waals surface area contributed by atoms with Gasteiger partial charge in [0.1, 0.15) is 9.88 Å². The summed E-state index contributed by atoms with van der Waals surface area (Å²) in [7, 11) is 1.50. The van der Waals surface area contributed by atoms with Gasteiger partial charge in [-0.1, -0.05) is 0 Å². The van der Waals surface area contributed by atoms with Gasteiger partial charge in [-0.25, -0.2) is 0 Å². The summed E-state index contributed by atoms with van der Waals surface area (Å²) in [6.45, 7) is 3.84. The van der Waals surface area contributed by atoms with E-state index in [1.165, 1.54) is 7.05 Å². The highest BCUT2D eigenvalue weighted by atomic mass is 32.1. The smallest absolute Gasteiger partial charge is 0.260 e. The number of amides is 2. The minimum Gasteiger partial charge on any atom is -0.397 e. The molecule has 112 valence electrons. The second kappa shape index (κ2) is 7.71. The van der Waals surface area contributed by atoms with Gasteiger partial charge in [0, 0.05) is 26.8 Å². The zero-order valence-corrected chi connectivity index (χ0v) is 12.4. The normalized spacial score (nSPS) is 10.3. The number of ether oxygens (including phenoxy) is 1. The second-order valence-corrected chi connectivity index (χ2v) is 4.99. The van der Waals surface area contributed by atoms with Crippen molar-refractivity contribution < 1.29 is 14.3 Å². The first-order valence-electron chi connectivity index (χ1n) is 6.28. The summed E-state index contributed by atoms with van der Waals surface area (Å²) < 4.78 is 5.22. The predicted molar refractivity (Wildman–Crippen MR) is 80.2 cm³/mol. The molecule has 0 aliphatic heterocycles. The maximum atomic E-state index is 11.8. The number of thiophene rings is 1. The number of nitrogens with two attached hydrogens (primary N) is 2. The number of primary amides is 1. The van der Waals surface area contributed by atoms with E-state index in [1.54, 1.807) is 0 Å². The molecule has 0 aliphatic carbocycles. The van der Waals surface area contributed by atoms with Crippen LogP contribution in [0.1, 0.15) is 33.4 Å². The molecule has 0 aromatic carbocycles. The van der Waals surface area contributed by atoms with Crippen LogP contribution >= 0.6 is 11.3 Å². The summed E-state index contributed by atoms with van der Waals surface area (Å²) in [5.74, 6) is -0.987. The molecular formula is C12H20N4O3S. The molecule has 2 amide bonds. The molecule has 0 radical (unpaired) electrons. The van der Waals surface area contributed by atoms with E-state index < -0.39 is 5.91 Å². The monoisotopic (exact) mass is 300 g/mol. The molecule has 6 N–H and O–H groups in total. The lowest BCUT2D eigenvalue weighted by Crippen LogP contribution is -2.21. The molecule has 0 fully saturated rings. The third-order valence-corrected chi connectivity index (χ3v) is 3.76. The Morgan fingerprint density at radius 2 is 2.10 bits per heavy atom. The molecule has 0 aliphatic rings. The van der Waals surface area contributed by atoms with Crippen LogP contribution in [0.5, 0.6) is 0 Å². The fraction of sp³-hybridized carbons (Fsp3) is 0.500. The van der Waals surface area contributed by atoms with Crippen molar-refractivity contribution in [3.63, 3.8) is 0 Å². The van der Waals surface area contributed by atoms with Gasteiger partial charge in [-0.05, 0) is 13.3 Å². The van der Waals surface area contributed by atoms with Crippen molar-refractivity contribution in [3.8, 4) is 0 Å². The van der Waals surface area contributed by atoms with Gasteiger partial charge in [0.15, 0.2) is 0 Å². The van der Waals surface area contributed by atoms with E-state index in [0.717, 1.165) is 17.8 Å². The molecule has 7 nitrogen and oxygen atoms in total. The maximum Gasteiger partial charge on any atom is 0.260 e. The van der Waals surface area contributed by atoms with Gasteiger partial charge in [0.05, 0.1) is 11.3 Å². The zero-order valence-electron chi connectivity index (χ0n) is 11.6. The lowest BCUT2D eigenvalue weighted by molar-refractivity contribution is 0.0965. The van der Waals surface area contributed by atoms with Crippen LogP contribution in [0, 0.1) is 0 Å². The van der Waals surface area contributed by atoms with Crippen molar-refractivity contribution in [1.82, 2.24) is 5.32 Å². The topological polar surface area (TPSA) is 119 Å². The van der Waals surface area contributed by atoms with Crippen molar-refractivity contribution in [2.75, 3.05) is 37.9 Å². The maximum absolute atomic E-state index is 11.8. The first-order chi connectivity index (χ1) is 9.52. The Bertz CT molecular complexity index is 487. The van der Waals surface area contributed by atoms with E-state index in [-0.39, 0.29) is 22.0 Å². The number of hydrogen-bond donors (Lipinski definition) is 4. The number of carbonyl (C=O) groups excluding carboxylic acids is 2. The molecule has 1 rings (SSSR count). The Kier molecular flexibility index (Phi) is 6.26. The Labute approximate surface area is 121 Å². The lowest BCUT2D eigenvalue weighted by atomic mass is 10.2. The van der Waals surface area contributed by atoms with Crippen molar-refractivity contribution in [2.24, 2.45) is 5.73 Å². The van der Waals surface area contributed by atoms with Crippen molar-refractivity contribution >= 4 is 33.8 Å².